The Hall–Kier alpha value is -2.22. The van der Waals surface area contributed by atoms with E-state index in [0.717, 1.165) is 23.9 Å². The van der Waals surface area contributed by atoms with E-state index in [0.29, 0.717) is 9.79 Å². The first-order valence-electron chi connectivity index (χ1n) is 5.62. The Kier molecular flexibility index (Phi) is 4.37. The zero-order valence-corrected chi connectivity index (χ0v) is 11.1. The summed E-state index contributed by atoms with van der Waals surface area (Å²) in [4.78, 5) is 11.3. The van der Waals surface area contributed by atoms with E-state index in [1.807, 2.05) is 0 Å². The monoisotopic (exact) mass is 315 g/mol. The smallest absolute Gasteiger partial charge is 0.406 e. The van der Waals surface area contributed by atoms with Gasteiger partial charge in [-0.15, -0.1) is 13.2 Å². The summed E-state index contributed by atoms with van der Waals surface area (Å²) in [6.45, 7) is 0. The van der Waals surface area contributed by atoms with Crippen molar-refractivity contribution in [3.8, 4) is 5.75 Å². The van der Waals surface area contributed by atoms with E-state index in [2.05, 4.69) is 4.74 Å². The first-order valence-corrected chi connectivity index (χ1v) is 6.44. The summed E-state index contributed by atoms with van der Waals surface area (Å²) in [6, 6.07) is 11.3. The van der Waals surface area contributed by atoms with Crippen LogP contribution in [0.15, 0.2) is 58.3 Å². The van der Waals surface area contributed by atoms with Gasteiger partial charge in [-0.25, -0.2) is 0 Å². The summed E-state index contributed by atoms with van der Waals surface area (Å²) in [5.41, 5.74) is -0.0573. The first kappa shape index (κ1) is 15.2. The van der Waals surface area contributed by atoms with Crippen LogP contribution in [-0.2, 0) is 0 Å². The largest absolute Gasteiger partial charge is 0.573 e. The van der Waals surface area contributed by atoms with E-state index in [1.54, 1.807) is 18.2 Å². The third-order valence-corrected chi connectivity index (χ3v) is 3.42. The second-order valence-electron chi connectivity index (χ2n) is 3.85. The van der Waals surface area contributed by atoms with Crippen molar-refractivity contribution in [1.82, 2.24) is 0 Å². The van der Waals surface area contributed by atoms with Gasteiger partial charge in [0.2, 0.25) is 0 Å². The molecule has 0 saturated heterocycles. The number of hydrogen-bond acceptors (Lipinski definition) is 4. The molecule has 110 valence electrons. The van der Waals surface area contributed by atoms with Crippen LogP contribution in [0.1, 0.15) is 0 Å². The van der Waals surface area contributed by atoms with Gasteiger partial charge in [-0.3, -0.25) is 10.1 Å². The Labute approximate surface area is 121 Å². The number of ether oxygens (including phenoxy) is 1. The molecular weight excluding hydrogens is 307 g/mol. The summed E-state index contributed by atoms with van der Waals surface area (Å²) in [5.74, 6) is -0.339. The highest BCUT2D eigenvalue weighted by Gasteiger charge is 2.30. The molecule has 0 bridgehead atoms. The minimum absolute atomic E-state index is 0.0573. The molecule has 8 heteroatoms. The summed E-state index contributed by atoms with van der Waals surface area (Å²) >= 11 is 1.09. The van der Waals surface area contributed by atoms with Gasteiger partial charge >= 0.3 is 6.36 Å². The Balaban J connectivity index is 2.16. The molecule has 0 unspecified atom stereocenters. The third-order valence-electron chi connectivity index (χ3n) is 2.35. The number of para-hydroxylation sites is 1. The number of halogens is 3. The van der Waals surface area contributed by atoms with Crippen molar-refractivity contribution in [1.29, 1.82) is 0 Å². The van der Waals surface area contributed by atoms with E-state index in [-0.39, 0.29) is 11.4 Å². The number of nitrogens with zero attached hydrogens (tertiary/aromatic N) is 1. The lowest BCUT2D eigenvalue weighted by Gasteiger charge is -2.09. The van der Waals surface area contributed by atoms with E-state index in [9.17, 15) is 23.3 Å². The van der Waals surface area contributed by atoms with Crippen LogP contribution in [0.3, 0.4) is 0 Å². The molecule has 21 heavy (non-hydrogen) atoms. The van der Waals surface area contributed by atoms with Crippen LogP contribution in [-0.4, -0.2) is 11.3 Å². The van der Waals surface area contributed by atoms with E-state index >= 15 is 0 Å². The molecule has 0 N–H and O–H groups in total. The van der Waals surface area contributed by atoms with Crippen molar-refractivity contribution in [2.24, 2.45) is 0 Å². The van der Waals surface area contributed by atoms with Gasteiger partial charge in [0.15, 0.2) is 0 Å². The maximum absolute atomic E-state index is 12.0. The van der Waals surface area contributed by atoms with Crippen LogP contribution >= 0.6 is 11.8 Å². The minimum atomic E-state index is -4.74. The molecule has 0 amide bonds. The standard InChI is InChI=1S/C13H8F3NO3S/c14-13(15,16)20-9-5-7-10(8-6-9)21-12-4-2-1-3-11(12)17(18)19/h1-8H. The van der Waals surface area contributed by atoms with Crippen molar-refractivity contribution < 1.29 is 22.8 Å². The molecule has 0 spiro atoms. The van der Waals surface area contributed by atoms with Crippen LogP contribution in [0.5, 0.6) is 5.75 Å². The highest BCUT2D eigenvalue weighted by Crippen LogP contribution is 2.35. The summed E-state index contributed by atoms with van der Waals surface area (Å²) in [7, 11) is 0. The van der Waals surface area contributed by atoms with Crippen LogP contribution < -0.4 is 4.74 Å². The maximum Gasteiger partial charge on any atom is 0.573 e. The van der Waals surface area contributed by atoms with Crippen LogP contribution in [0.25, 0.3) is 0 Å². The second-order valence-corrected chi connectivity index (χ2v) is 4.96. The minimum Gasteiger partial charge on any atom is -0.406 e. The fraction of sp³-hybridized carbons (Fsp3) is 0.0769. The van der Waals surface area contributed by atoms with Gasteiger partial charge in [-0.05, 0) is 30.3 Å². The molecule has 0 radical (unpaired) electrons. The Morgan fingerprint density at radius 3 is 2.24 bits per heavy atom. The molecule has 0 heterocycles. The number of rotatable bonds is 4. The van der Waals surface area contributed by atoms with E-state index < -0.39 is 11.3 Å². The highest BCUT2D eigenvalue weighted by molar-refractivity contribution is 7.99. The molecule has 0 aliphatic rings. The topological polar surface area (TPSA) is 52.4 Å². The molecule has 0 fully saturated rings. The SMILES string of the molecule is O=[N+]([O-])c1ccccc1Sc1ccc(OC(F)(F)F)cc1. The number of benzene rings is 2. The second kappa shape index (κ2) is 6.04. The van der Waals surface area contributed by atoms with Crippen LogP contribution in [0, 0.1) is 10.1 Å². The molecule has 0 saturated carbocycles. The lowest BCUT2D eigenvalue weighted by molar-refractivity contribution is -0.387. The van der Waals surface area contributed by atoms with Crippen LogP contribution in [0.4, 0.5) is 18.9 Å². The maximum atomic E-state index is 12.0. The average Bonchev–Trinajstić information content (AvgIpc) is 2.40. The lowest BCUT2D eigenvalue weighted by Crippen LogP contribution is -2.16. The fourth-order valence-corrected chi connectivity index (χ4v) is 2.45. The first-order chi connectivity index (χ1) is 9.85. The van der Waals surface area contributed by atoms with Crippen molar-refractivity contribution in [2.75, 3.05) is 0 Å². The molecule has 2 rings (SSSR count). The molecule has 0 aromatic heterocycles. The van der Waals surface area contributed by atoms with Gasteiger partial charge in [0.25, 0.3) is 5.69 Å². The predicted molar refractivity (Wildman–Crippen MR) is 70.3 cm³/mol. The van der Waals surface area contributed by atoms with Crippen LogP contribution in [0.2, 0.25) is 0 Å². The Morgan fingerprint density at radius 2 is 1.67 bits per heavy atom. The third kappa shape index (κ3) is 4.38. The molecule has 0 aliphatic carbocycles. The predicted octanol–water partition coefficient (Wildman–Crippen LogP) is 4.64. The van der Waals surface area contributed by atoms with E-state index in [4.69, 9.17) is 0 Å². The molecule has 0 atom stereocenters. The van der Waals surface area contributed by atoms with Gasteiger partial charge in [0, 0.05) is 11.0 Å². The van der Waals surface area contributed by atoms with Crippen molar-refractivity contribution in [3.63, 3.8) is 0 Å². The van der Waals surface area contributed by atoms with Gasteiger partial charge < -0.3 is 4.74 Å². The molecule has 2 aromatic rings. The number of nitro benzene ring substituents is 1. The normalized spacial score (nSPS) is 11.2. The van der Waals surface area contributed by atoms with Gasteiger partial charge in [0.1, 0.15) is 5.75 Å². The van der Waals surface area contributed by atoms with Gasteiger partial charge in [0.05, 0.1) is 9.82 Å². The zero-order valence-electron chi connectivity index (χ0n) is 10.3. The summed E-state index contributed by atoms with van der Waals surface area (Å²) < 4.78 is 39.8. The average molecular weight is 315 g/mol. The zero-order chi connectivity index (χ0) is 15.5. The molecule has 4 nitrogen and oxygen atoms in total. The highest BCUT2D eigenvalue weighted by atomic mass is 32.2. The van der Waals surface area contributed by atoms with Gasteiger partial charge in [-0.1, -0.05) is 23.9 Å². The Morgan fingerprint density at radius 1 is 1.05 bits per heavy atom. The summed E-state index contributed by atoms with van der Waals surface area (Å²) in [6.07, 6.45) is -4.74. The molecular formula is C13H8F3NO3S. The van der Waals surface area contributed by atoms with Gasteiger partial charge in [-0.2, -0.15) is 0 Å². The number of hydrogen-bond donors (Lipinski definition) is 0. The Bertz CT molecular complexity index is 644. The van der Waals surface area contributed by atoms with Crippen molar-refractivity contribution in [3.05, 3.63) is 58.6 Å². The van der Waals surface area contributed by atoms with Crippen molar-refractivity contribution >= 4 is 17.4 Å². The van der Waals surface area contributed by atoms with E-state index in [1.165, 1.54) is 18.2 Å². The number of nitro groups is 1. The quantitative estimate of drug-likeness (QED) is 0.609. The molecule has 2 aromatic carbocycles. The lowest BCUT2D eigenvalue weighted by atomic mass is 10.3. The van der Waals surface area contributed by atoms with Crippen molar-refractivity contribution in [2.45, 2.75) is 16.2 Å². The molecule has 0 aliphatic heterocycles. The number of alkyl halides is 3. The fourth-order valence-electron chi connectivity index (χ4n) is 1.53. The summed E-state index contributed by atoms with van der Waals surface area (Å²) in [5, 5.41) is 10.9.